The molecule has 2 rings (SSSR count). The molecule has 5 nitrogen and oxygen atoms in total. The van der Waals surface area contributed by atoms with Crippen LogP contribution in [0.4, 0.5) is 5.69 Å². The maximum Gasteiger partial charge on any atom is 0.264 e. The lowest BCUT2D eigenvalue weighted by atomic mass is 10.3. The molecule has 0 atom stereocenters. The Morgan fingerprint density at radius 3 is 2.27 bits per heavy atom. The van der Waals surface area contributed by atoms with Crippen molar-refractivity contribution in [2.45, 2.75) is 4.90 Å². The van der Waals surface area contributed by atoms with Crippen molar-refractivity contribution in [3.05, 3.63) is 50.4 Å². The van der Waals surface area contributed by atoms with E-state index < -0.39 is 10.0 Å². The number of hydrogen-bond donors (Lipinski definition) is 1. The number of nitrogens with one attached hydrogen (secondary N) is 1. The van der Waals surface area contributed by atoms with Gasteiger partial charge in [-0.25, -0.2) is 8.42 Å². The molecule has 0 aliphatic rings. The van der Waals surface area contributed by atoms with Crippen LogP contribution in [0.1, 0.15) is 0 Å². The second-order valence-electron chi connectivity index (χ2n) is 5.57. The number of rotatable bonds is 7. The zero-order chi connectivity index (χ0) is 19.5. The fraction of sp³-hybridized carbons (Fsp3) is 0.250. The molecule has 142 valence electrons. The fourth-order valence-electron chi connectivity index (χ4n) is 1.98. The number of benzene rings is 2. The molecular formula is C16H16Cl4N2O3S. The molecule has 0 saturated heterocycles. The summed E-state index contributed by atoms with van der Waals surface area (Å²) in [6.07, 6.45) is 0. The molecule has 10 heteroatoms. The SMILES string of the molecule is CN(C)CCOc1cc(NS(=O)(=O)c2c(Cl)ccc(Cl)c2Cl)ccc1Cl. The second-order valence-corrected chi connectivity index (χ2v) is 8.79. The van der Waals surface area contributed by atoms with Gasteiger partial charge in [-0.15, -0.1) is 0 Å². The summed E-state index contributed by atoms with van der Waals surface area (Å²) in [5.41, 5.74) is 0.251. The van der Waals surface area contributed by atoms with Crippen LogP contribution in [-0.4, -0.2) is 40.6 Å². The predicted octanol–water partition coefficient (Wildman–Crippen LogP) is 5.04. The minimum absolute atomic E-state index is 0.0386. The van der Waals surface area contributed by atoms with Crippen molar-refractivity contribution in [1.29, 1.82) is 0 Å². The van der Waals surface area contributed by atoms with Gasteiger partial charge in [-0.3, -0.25) is 4.72 Å². The number of likely N-dealkylation sites (N-methyl/N-ethyl adjacent to an activating group) is 1. The van der Waals surface area contributed by atoms with Crippen molar-refractivity contribution < 1.29 is 13.2 Å². The highest BCUT2D eigenvalue weighted by atomic mass is 35.5. The Labute approximate surface area is 172 Å². The smallest absolute Gasteiger partial charge is 0.264 e. The van der Waals surface area contributed by atoms with Crippen LogP contribution >= 0.6 is 46.4 Å². The van der Waals surface area contributed by atoms with E-state index in [1.54, 1.807) is 0 Å². The molecule has 0 heterocycles. The number of halogens is 4. The third-order valence-electron chi connectivity index (χ3n) is 3.25. The number of hydrogen-bond acceptors (Lipinski definition) is 4. The summed E-state index contributed by atoms with van der Waals surface area (Å²) in [5.74, 6) is 0.358. The van der Waals surface area contributed by atoms with Crippen LogP contribution in [0.15, 0.2) is 35.2 Å². The summed E-state index contributed by atoms with van der Waals surface area (Å²) >= 11 is 24.0. The van der Waals surface area contributed by atoms with Gasteiger partial charge in [-0.1, -0.05) is 46.4 Å². The summed E-state index contributed by atoms with van der Waals surface area (Å²) in [4.78, 5) is 1.65. The summed E-state index contributed by atoms with van der Waals surface area (Å²) in [7, 11) is -0.245. The third kappa shape index (κ3) is 5.31. The molecule has 0 radical (unpaired) electrons. The number of sulfonamides is 1. The Morgan fingerprint density at radius 2 is 1.62 bits per heavy atom. The van der Waals surface area contributed by atoms with Gasteiger partial charge < -0.3 is 9.64 Å². The van der Waals surface area contributed by atoms with Crippen LogP contribution in [0.2, 0.25) is 20.1 Å². The number of anilines is 1. The Bertz CT molecular complexity index is 905. The van der Waals surface area contributed by atoms with Gasteiger partial charge in [-0.2, -0.15) is 0 Å². The zero-order valence-electron chi connectivity index (χ0n) is 13.9. The molecule has 2 aromatic carbocycles. The molecular weight excluding hydrogens is 442 g/mol. The third-order valence-corrected chi connectivity index (χ3v) is 6.37. The normalized spacial score (nSPS) is 11.7. The van der Waals surface area contributed by atoms with E-state index in [0.29, 0.717) is 23.9 Å². The lowest BCUT2D eigenvalue weighted by molar-refractivity contribution is 0.261. The van der Waals surface area contributed by atoms with Gasteiger partial charge in [0.1, 0.15) is 17.3 Å². The van der Waals surface area contributed by atoms with Crippen LogP contribution < -0.4 is 9.46 Å². The summed E-state index contributed by atoms with van der Waals surface area (Å²) in [6, 6.07) is 7.31. The van der Waals surface area contributed by atoms with Crippen molar-refractivity contribution in [2.75, 3.05) is 32.0 Å². The van der Waals surface area contributed by atoms with E-state index in [2.05, 4.69) is 4.72 Å². The Hall–Kier alpha value is -0.890. The van der Waals surface area contributed by atoms with Crippen LogP contribution in [0.5, 0.6) is 5.75 Å². The summed E-state index contributed by atoms with van der Waals surface area (Å²) < 4.78 is 33.4. The lowest BCUT2D eigenvalue weighted by Crippen LogP contribution is -2.19. The quantitative estimate of drug-likeness (QED) is 0.591. The standard InChI is InChI=1S/C16H16Cl4N2O3S/c1-22(2)7-8-25-14-9-10(3-4-11(14)17)21-26(23,24)16-13(19)6-5-12(18)15(16)20/h3-6,9,21H,7-8H2,1-2H3. The molecule has 0 aromatic heterocycles. The lowest BCUT2D eigenvalue weighted by Gasteiger charge is -2.15. The molecule has 0 aliphatic heterocycles. The van der Waals surface area contributed by atoms with E-state index in [0.717, 1.165) is 0 Å². The summed E-state index contributed by atoms with van der Waals surface area (Å²) in [5, 5.41) is 0.261. The first-order chi connectivity index (χ1) is 12.1. The summed E-state index contributed by atoms with van der Waals surface area (Å²) in [6.45, 7) is 1.08. The van der Waals surface area contributed by atoms with E-state index in [-0.39, 0.29) is 25.7 Å². The maximum atomic E-state index is 12.7. The van der Waals surface area contributed by atoms with Gasteiger partial charge in [-0.05, 0) is 38.4 Å². The molecule has 0 fully saturated rings. The first-order valence-corrected chi connectivity index (χ1v) is 10.3. The Morgan fingerprint density at radius 1 is 1.00 bits per heavy atom. The zero-order valence-corrected chi connectivity index (χ0v) is 17.7. The molecule has 0 unspecified atom stereocenters. The van der Waals surface area contributed by atoms with Crippen molar-refractivity contribution in [2.24, 2.45) is 0 Å². The minimum Gasteiger partial charge on any atom is -0.491 e. The molecule has 0 spiro atoms. The highest BCUT2D eigenvalue weighted by Crippen LogP contribution is 2.36. The largest absolute Gasteiger partial charge is 0.491 e. The van der Waals surface area contributed by atoms with Crippen LogP contribution in [-0.2, 0) is 10.0 Å². The van der Waals surface area contributed by atoms with Crippen molar-refractivity contribution in [3.8, 4) is 5.75 Å². The van der Waals surface area contributed by atoms with Crippen molar-refractivity contribution >= 4 is 62.1 Å². The second kappa shape index (κ2) is 8.87. The van der Waals surface area contributed by atoms with Gasteiger partial charge in [0.2, 0.25) is 0 Å². The predicted molar refractivity (Wildman–Crippen MR) is 108 cm³/mol. The molecule has 0 amide bonds. The Balaban J connectivity index is 2.29. The number of nitrogens with zero attached hydrogens (tertiary/aromatic N) is 1. The average Bonchev–Trinajstić information content (AvgIpc) is 2.53. The van der Waals surface area contributed by atoms with Gasteiger partial charge in [0.15, 0.2) is 0 Å². The van der Waals surface area contributed by atoms with E-state index in [1.165, 1.54) is 30.3 Å². The first-order valence-electron chi connectivity index (χ1n) is 7.35. The molecule has 26 heavy (non-hydrogen) atoms. The van der Waals surface area contributed by atoms with E-state index in [1.807, 2.05) is 19.0 Å². The topological polar surface area (TPSA) is 58.6 Å². The van der Waals surface area contributed by atoms with Gasteiger partial charge in [0, 0.05) is 12.6 Å². The van der Waals surface area contributed by atoms with Crippen LogP contribution in [0, 0.1) is 0 Å². The first kappa shape index (κ1) is 21.4. The van der Waals surface area contributed by atoms with E-state index in [4.69, 9.17) is 51.1 Å². The maximum absolute atomic E-state index is 12.7. The molecule has 1 N–H and O–H groups in total. The van der Waals surface area contributed by atoms with Gasteiger partial charge in [0.25, 0.3) is 10.0 Å². The average molecular weight is 458 g/mol. The van der Waals surface area contributed by atoms with Crippen molar-refractivity contribution in [1.82, 2.24) is 4.90 Å². The van der Waals surface area contributed by atoms with Gasteiger partial charge in [0.05, 0.1) is 25.8 Å². The Kier molecular flexibility index (Phi) is 7.30. The number of ether oxygens (including phenoxy) is 1. The van der Waals surface area contributed by atoms with Crippen LogP contribution in [0.25, 0.3) is 0 Å². The molecule has 2 aromatic rings. The molecule has 0 aliphatic carbocycles. The minimum atomic E-state index is -4.07. The molecule has 0 saturated carbocycles. The van der Waals surface area contributed by atoms with Crippen LogP contribution in [0.3, 0.4) is 0 Å². The van der Waals surface area contributed by atoms with E-state index >= 15 is 0 Å². The van der Waals surface area contributed by atoms with E-state index in [9.17, 15) is 8.42 Å². The molecule has 0 bridgehead atoms. The fourth-order valence-corrected chi connectivity index (χ4v) is 4.55. The highest BCUT2D eigenvalue weighted by Gasteiger charge is 2.24. The van der Waals surface area contributed by atoms with Crippen molar-refractivity contribution in [3.63, 3.8) is 0 Å². The van der Waals surface area contributed by atoms with Gasteiger partial charge >= 0.3 is 0 Å². The monoisotopic (exact) mass is 456 g/mol. The highest BCUT2D eigenvalue weighted by molar-refractivity contribution is 7.93.